The van der Waals surface area contributed by atoms with E-state index in [1.807, 2.05) is 60.6 Å². The lowest BCUT2D eigenvalue weighted by atomic mass is 10.1. The van der Waals surface area contributed by atoms with Gasteiger partial charge in [0.1, 0.15) is 12.7 Å². The number of rotatable bonds is 10. The van der Waals surface area contributed by atoms with Gasteiger partial charge >= 0.3 is 0 Å². The smallest absolute Gasteiger partial charge is 0.119 e. The van der Waals surface area contributed by atoms with Crippen LogP contribution < -0.4 is 16.0 Å². The van der Waals surface area contributed by atoms with Crippen LogP contribution in [-0.4, -0.2) is 193 Å². The summed E-state index contributed by atoms with van der Waals surface area (Å²) in [5.41, 5.74) is 0. The summed E-state index contributed by atoms with van der Waals surface area (Å²) < 4.78 is 3.75. The van der Waals surface area contributed by atoms with E-state index in [1.165, 1.54) is 64.8 Å². The molecule has 10 rings (SSSR count). The van der Waals surface area contributed by atoms with Gasteiger partial charge in [-0.2, -0.15) is 20.1 Å². The van der Waals surface area contributed by atoms with Crippen molar-refractivity contribution in [3.63, 3.8) is 0 Å². The molecule has 86 heavy (non-hydrogen) atoms. The molecule has 0 radical (unpaired) electrons. The Labute approximate surface area is 524 Å². The number of nitrogens with zero attached hydrogens (tertiary/aromatic N) is 18. The third kappa shape index (κ3) is 38.2. The van der Waals surface area contributed by atoms with Gasteiger partial charge in [0.15, 0.2) is 0 Å². The highest BCUT2D eigenvalue weighted by Crippen LogP contribution is 2.12. The molecular formula is C65H125N21. The van der Waals surface area contributed by atoms with Crippen molar-refractivity contribution in [2.24, 2.45) is 10.3 Å². The van der Waals surface area contributed by atoms with Crippen LogP contribution in [0.2, 0.25) is 0 Å². The molecule has 21 nitrogen and oxygen atoms in total. The highest BCUT2D eigenvalue weighted by molar-refractivity contribution is 5.03. The first-order chi connectivity index (χ1) is 41.0. The van der Waals surface area contributed by atoms with Crippen molar-refractivity contribution in [1.29, 1.82) is 0 Å². The number of piperazine rings is 1. The van der Waals surface area contributed by atoms with Gasteiger partial charge in [-0.1, -0.05) is 35.1 Å². The number of hydrogen-bond acceptors (Lipinski definition) is 18. The van der Waals surface area contributed by atoms with E-state index in [0.717, 1.165) is 57.8 Å². The minimum absolute atomic E-state index is 0.380. The second-order valence-corrected chi connectivity index (χ2v) is 24.5. The molecule has 0 atom stereocenters. The summed E-state index contributed by atoms with van der Waals surface area (Å²) in [7, 11) is 0. The predicted molar refractivity (Wildman–Crippen MR) is 360 cm³/mol. The van der Waals surface area contributed by atoms with Crippen LogP contribution in [0, 0.1) is 0 Å². The maximum absolute atomic E-state index is 3.92. The van der Waals surface area contributed by atoms with Crippen LogP contribution in [0.4, 0.5) is 0 Å². The van der Waals surface area contributed by atoms with Gasteiger partial charge in [-0.05, 0) is 190 Å². The van der Waals surface area contributed by atoms with E-state index in [9.17, 15) is 0 Å². The second kappa shape index (κ2) is 48.0. The van der Waals surface area contributed by atoms with Crippen molar-refractivity contribution in [1.82, 2.24) is 95.1 Å². The lowest BCUT2D eigenvalue weighted by Gasteiger charge is -2.30. The van der Waals surface area contributed by atoms with Crippen molar-refractivity contribution in [3.8, 4) is 0 Å². The van der Waals surface area contributed by atoms with Crippen LogP contribution in [0.25, 0.3) is 0 Å². The summed E-state index contributed by atoms with van der Waals surface area (Å²) in [6.45, 7) is 56.0. The number of nitrogens with one attached hydrogen (secondary N) is 3. The molecule has 2 fully saturated rings. The Morgan fingerprint density at radius 3 is 1.28 bits per heavy atom. The molecule has 0 spiro atoms. The molecule has 0 saturated carbocycles. The average molecular weight is 1200 g/mol. The van der Waals surface area contributed by atoms with Crippen molar-refractivity contribution in [2.45, 2.75) is 237 Å². The van der Waals surface area contributed by atoms with Crippen molar-refractivity contribution in [3.05, 3.63) is 111 Å². The van der Waals surface area contributed by atoms with Gasteiger partial charge in [0, 0.05) is 156 Å². The molecule has 3 aromatic heterocycles. The molecular weight excluding hydrogens is 1070 g/mol. The molecule has 0 aromatic carbocycles. The molecule has 490 valence electrons. The number of hydrogen-bond donors (Lipinski definition) is 3. The van der Waals surface area contributed by atoms with Crippen LogP contribution in [0.3, 0.4) is 0 Å². The standard InChI is InChI=1S/C8H17N.C8H15N.C8H13N.C7H16N2.C7H14N2.C7H12N2.C5H9N3.C5H11N3.2C5H9N3/c3*1-8(2)9-6-4-3-5-7-9;3*1-7(2)9-5-3-8-4-6-9;1-5(2)8-3-6-7-4-8;2*1-5(2)8-4-3-6-7-8;1-5(2)8-6-3-4-7-8/h8H,3-7H2,1-2H3;4,6,8H,3,5,7H2,1-2H3;4-8H,3H2,1-2H3;7-8H,3-6H2,1-2H3;3,5,7-8H,4,6H2,1-2H3;3-8H,1-2H3;3-5H,1-2H3;5H,3-4H2,1-2H3;2*3-5H,1-2H3. The molecule has 3 N–H and O–H groups in total. The van der Waals surface area contributed by atoms with Gasteiger partial charge < -0.3 is 45.0 Å². The van der Waals surface area contributed by atoms with Crippen LogP contribution in [0.15, 0.2) is 122 Å². The van der Waals surface area contributed by atoms with E-state index in [1.54, 1.807) is 40.7 Å². The van der Waals surface area contributed by atoms with Crippen LogP contribution in [-0.2, 0) is 0 Å². The molecule has 0 bridgehead atoms. The molecule has 0 unspecified atom stereocenters. The molecule has 2 saturated heterocycles. The molecule has 21 heteroatoms. The summed E-state index contributed by atoms with van der Waals surface area (Å²) in [4.78, 5) is 15.8. The SMILES string of the molecule is CC(C)N1C=CCC=C1.CC(C)N1C=CCCC1.CC(C)N1C=CNC=C1.CC(C)N1C=CNCC1.CC(C)N1CCCCC1.CC(C)N1CCN=N1.CC(C)N1CCNCC1.CC(C)n1ccnn1.CC(C)n1cnnc1.CC(C)n1nccn1. The fraction of sp³-hybridized carbons (Fsp3) is 0.723. The van der Waals surface area contributed by atoms with Crippen LogP contribution in [0.1, 0.15) is 195 Å². The molecule has 0 amide bonds. The van der Waals surface area contributed by atoms with Gasteiger partial charge in [0.2, 0.25) is 0 Å². The van der Waals surface area contributed by atoms with E-state index in [2.05, 4.69) is 254 Å². The summed E-state index contributed by atoms with van der Waals surface area (Å²) in [5, 5.41) is 41.8. The fourth-order valence-corrected chi connectivity index (χ4v) is 8.36. The van der Waals surface area contributed by atoms with Gasteiger partial charge in [0.05, 0.1) is 37.7 Å². The highest BCUT2D eigenvalue weighted by Gasteiger charge is 2.13. The Morgan fingerprint density at radius 1 is 0.419 bits per heavy atom. The highest BCUT2D eigenvalue weighted by atomic mass is 15.6. The first-order valence-electron chi connectivity index (χ1n) is 32.5. The van der Waals surface area contributed by atoms with Gasteiger partial charge in [-0.15, -0.1) is 15.3 Å². The van der Waals surface area contributed by atoms with E-state index >= 15 is 0 Å². The largest absolute Gasteiger partial charge is 0.388 e. The fourth-order valence-electron chi connectivity index (χ4n) is 8.36. The average Bonchev–Trinajstić information content (AvgIpc) is 4.40. The predicted octanol–water partition coefficient (Wildman–Crippen LogP) is 12.0. The summed E-state index contributed by atoms with van der Waals surface area (Å²) in [6.07, 6.45) is 43.3. The monoisotopic (exact) mass is 1200 g/mol. The van der Waals surface area contributed by atoms with Crippen molar-refractivity contribution in [2.75, 3.05) is 72.0 Å². The molecule has 3 aromatic rings. The summed E-state index contributed by atoms with van der Waals surface area (Å²) >= 11 is 0. The third-order valence-corrected chi connectivity index (χ3v) is 14.1. The molecule has 10 heterocycles. The van der Waals surface area contributed by atoms with E-state index in [-0.39, 0.29) is 0 Å². The first kappa shape index (κ1) is 78.0. The lowest BCUT2D eigenvalue weighted by Crippen LogP contribution is -2.46. The Morgan fingerprint density at radius 2 is 0.977 bits per heavy atom. The maximum Gasteiger partial charge on any atom is 0.119 e. The Bertz CT molecular complexity index is 1970. The van der Waals surface area contributed by atoms with E-state index in [4.69, 9.17) is 0 Å². The summed E-state index contributed by atoms with van der Waals surface area (Å²) in [5.74, 6) is 0. The lowest BCUT2D eigenvalue weighted by molar-refractivity contribution is 0.185. The van der Waals surface area contributed by atoms with Crippen LogP contribution in [0.5, 0.6) is 0 Å². The third-order valence-electron chi connectivity index (χ3n) is 14.1. The second-order valence-electron chi connectivity index (χ2n) is 24.5. The van der Waals surface area contributed by atoms with E-state index in [0.29, 0.717) is 48.3 Å². The molecule has 7 aliphatic heterocycles. The zero-order valence-electron chi connectivity index (χ0n) is 57.7. The zero-order chi connectivity index (χ0) is 64.1. The number of aromatic nitrogens is 9. The quantitative estimate of drug-likeness (QED) is 0.175. The van der Waals surface area contributed by atoms with Gasteiger partial charge in [-0.25, -0.2) is 0 Å². The summed E-state index contributed by atoms with van der Waals surface area (Å²) in [6, 6.07) is 5.77. The van der Waals surface area contributed by atoms with Crippen molar-refractivity contribution >= 4 is 0 Å². The van der Waals surface area contributed by atoms with E-state index < -0.39 is 0 Å². The Hall–Kier alpha value is -6.06. The number of likely N-dealkylation sites (tertiary alicyclic amines) is 1. The maximum atomic E-state index is 3.92. The van der Waals surface area contributed by atoms with Crippen molar-refractivity contribution < 1.29 is 0 Å². The number of allylic oxidation sites excluding steroid dienone is 3. The first-order valence-corrected chi connectivity index (χ1v) is 32.5. The Kier molecular flexibility index (Phi) is 43.5. The van der Waals surface area contributed by atoms with Gasteiger partial charge in [-0.3, -0.25) is 14.6 Å². The van der Waals surface area contributed by atoms with Crippen LogP contribution >= 0.6 is 0 Å². The zero-order valence-corrected chi connectivity index (χ0v) is 57.7. The number of piperidine rings is 1. The topological polar surface area (TPSA) is 176 Å². The molecule has 0 aliphatic carbocycles. The minimum atomic E-state index is 0.380. The van der Waals surface area contributed by atoms with Gasteiger partial charge in [0.25, 0.3) is 0 Å². The normalized spacial score (nSPS) is 16.9. The minimum Gasteiger partial charge on any atom is -0.388 e. The molecule has 7 aliphatic rings. The Balaban J connectivity index is 0.000000478.